The van der Waals surface area contributed by atoms with Crippen molar-refractivity contribution >= 4 is 44.9 Å². The van der Waals surface area contributed by atoms with E-state index in [1.165, 1.54) is 35.4 Å². The Bertz CT molecular complexity index is 785. The molecule has 0 bridgehead atoms. The molecule has 0 saturated carbocycles. The molecule has 5 nitrogen and oxygen atoms in total. The van der Waals surface area contributed by atoms with Crippen LogP contribution in [0.15, 0.2) is 33.7 Å². The number of H-pyrrole nitrogens is 1. The molecule has 0 atom stereocenters. The van der Waals surface area contributed by atoms with Gasteiger partial charge in [-0.15, -0.1) is 11.3 Å². The van der Waals surface area contributed by atoms with Crippen LogP contribution < -0.4 is 5.56 Å². The minimum Gasteiger partial charge on any atom is -0.301 e. The number of thioether (sulfide) groups is 1. The van der Waals surface area contributed by atoms with E-state index < -0.39 is 0 Å². The predicted molar refractivity (Wildman–Crippen MR) is 76.8 cm³/mol. The maximum Gasteiger partial charge on any atom is 0.251 e. The molecule has 96 valence electrons. The fourth-order valence-corrected chi connectivity index (χ4v) is 3.28. The molecule has 0 amide bonds. The van der Waals surface area contributed by atoms with Gasteiger partial charge in [-0.05, 0) is 11.4 Å². The van der Waals surface area contributed by atoms with Crippen LogP contribution >= 0.6 is 34.7 Å². The molecule has 0 aliphatic carbocycles. The van der Waals surface area contributed by atoms with Crippen LogP contribution in [0.1, 0.15) is 5.82 Å². The van der Waals surface area contributed by atoms with E-state index in [0.29, 0.717) is 21.9 Å². The molecular weight excluding hydrogens is 304 g/mol. The van der Waals surface area contributed by atoms with E-state index in [1.54, 1.807) is 0 Å². The van der Waals surface area contributed by atoms with Gasteiger partial charge in [0.1, 0.15) is 15.8 Å². The van der Waals surface area contributed by atoms with Gasteiger partial charge in [-0.25, -0.2) is 15.0 Å². The third-order valence-electron chi connectivity index (χ3n) is 2.31. The largest absolute Gasteiger partial charge is 0.301 e. The maximum atomic E-state index is 11.1. The molecular formula is C11H7ClN4OS2. The zero-order valence-corrected chi connectivity index (χ0v) is 11.8. The molecule has 3 rings (SSSR count). The van der Waals surface area contributed by atoms with Gasteiger partial charge in [0, 0.05) is 17.6 Å². The lowest BCUT2D eigenvalue weighted by Gasteiger charge is -2.01. The highest BCUT2D eigenvalue weighted by Crippen LogP contribution is 2.26. The number of nitrogens with zero attached hydrogens (tertiary/aromatic N) is 3. The minimum absolute atomic E-state index is 0.176. The number of hydrogen-bond donors (Lipinski definition) is 1. The summed E-state index contributed by atoms with van der Waals surface area (Å²) in [5.41, 5.74) is -0.176. The average Bonchev–Trinajstić information content (AvgIpc) is 2.85. The van der Waals surface area contributed by atoms with Crippen molar-refractivity contribution in [1.82, 2.24) is 19.9 Å². The number of halogens is 1. The Kier molecular flexibility index (Phi) is 3.50. The Morgan fingerprint density at radius 1 is 1.37 bits per heavy atom. The summed E-state index contributed by atoms with van der Waals surface area (Å²) in [6, 6.07) is 3.27. The molecule has 1 N–H and O–H groups in total. The zero-order chi connectivity index (χ0) is 13.2. The third-order valence-corrected chi connectivity index (χ3v) is 4.29. The molecule has 0 spiro atoms. The molecule has 3 aromatic heterocycles. The van der Waals surface area contributed by atoms with Gasteiger partial charge < -0.3 is 4.98 Å². The smallest absolute Gasteiger partial charge is 0.251 e. The van der Waals surface area contributed by atoms with Crippen molar-refractivity contribution in [2.75, 3.05) is 0 Å². The number of aromatic amines is 1. The first-order valence-electron chi connectivity index (χ1n) is 5.30. The standard InChI is InChI=1S/C11H7ClN4OS2/c12-9-6-2-4-18-10(6)15-7(14-9)5-19-11-13-3-1-8(17)16-11/h1-4H,5H2,(H,13,16,17). The van der Waals surface area contributed by atoms with E-state index in [4.69, 9.17) is 11.6 Å². The SMILES string of the molecule is O=c1ccnc(SCc2nc(Cl)c3ccsc3n2)[nH]1. The summed E-state index contributed by atoms with van der Waals surface area (Å²) in [5.74, 6) is 1.12. The summed E-state index contributed by atoms with van der Waals surface area (Å²) in [6.45, 7) is 0. The van der Waals surface area contributed by atoms with Crippen LogP contribution in [-0.4, -0.2) is 19.9 Å². The summed E-state index contributed by atoms with van der Waals surface area (Å²) < 4.78 is 0. The van der Waals surface area contributed by atoms with Crippen LogP contribution in [0.2, 0.25) is 5.15 Å². The lowest BCUT2D eigenvalue weighted by Crippen LogP contribution is -2.05. The van der Waals surface area contributed by atoms with Crippen molar-refractivity contribution in [2.45, 2.75) is 10.9 Å². The molecule has 3 heterocycles. The summed E-state index contributed by atoms with van der Waals surface area (Å²) in [4.78, 5) is 27.3. The number of fused-ring (bicyclic) bond motifs is 1. The minimum atomic E-state index is -0.176. The van der Waals surface area contributed by atoms with Crippen molar-refractivity contribution in [2.24, 2.45) is 0 Å². The Morgan fingerprint density at radius 3 is 3.11 bits per heavy atom. The van der Waals surface area contributed by atoms with Gasteiger partial charge in [0.2, 0.25) is 0 Å². The number of thiophene rings is 1. The number of nitrogens with one attached hydrogen (secondary N) is 1. The Balaban J connectivity index is 1.83. The number of rotatable bonds is 3. The van der Waals surface area contributed by atoms with Gasteiger partial charge >= 0.3 is 0 Å². The molecule has 0 radical (unpaired) electrons. The quantitative estimate of drug-likeness (QED) is 0.457. The van der Waals surface area contributed by atoms with E-state index in [1.807, 2.05) is 11.4 Å². The van der Waals surface area contributed by atoms with E-state index in [2.05, 4.69) is 19.9 Å². The van der Waals surface area contributed by atoms with Crippen molar-refractivity contribution in [3.8, 4) is 0 Å². The molecule has 0 aromatic carbocycles. The van der Waals surface area contributed by atoms with Crippen LogP contribution in [0.4, 0.5) is 0 Å². The fourth-order valence-electron chi connectivity index (χ4n) is 1.48. The molecule has 8 heteroatoms. The highest BCUT2D eigenvalue weighted by Gasteiger charge is 2.08. The molecule has 3 aromatic rings. The maximum absolute atomic E-state index is 11.1. The van der Waals surface area contributed by atoms with Crippen molar-refractivity contribution in [3.63, 3.8) is 0 Å². The lowest BCUT2D eigenvalue weighted by atomic mass is 10.4. The fraction of sp³-hybridized carbons (Fsp3) is 0.0909. The second kappa shape index (κ2) is 5.28. The third kappa shape index (κ3) is 2.78. The summed E-state index contributed by atoms with van der Waals surface area (Å²) in [7, 11) is 0. The topological polar surface area (TPSA) is 71.5 Å². The molecule has 0 aliphatic rings. The van der Waals surface area contributed by atoms with Gasteiger partial charge in [-0.2, -0.15) is 0 Å². The van der Waals surface area contributed by atoms with E-state index in [0.717, 1.165) is 10.2 Å². The molecule has 0 fully saturated rings. The summed E-state index contributed by atoms with van der Waals surface area (Å²) >= 11 is 8.97. The van der Waals surface area contributed by atoms with E-state index >= 15 is 0 Å². The van der Waals surface area contributed by atoms with E-state index in [9.17, 15) is 4.79 Å². The second-order valence-corrected chi connectivity index (χ2v) is 5.81. The van der Waals surface area contributed by atoms with E-state index in [-0.39, 0.29) is 5.56 Å². The van der Waals surface area contributed by atoms with Gasteiger partial charge in [-0.3, -0.25) is 4.79 Å². The first-order valence-corrected chi connectivity index (χ1v) is 7.54. The highest BCUT2D eigenvalue weighted by atomic mass is 35.5. The molecule has 0 unspecified atom stereocenters. The molecule has 19 heavy (non-hydrogen) atoms. The Hall–Kier alpha value is -1.44. The van der Waals surface area contributed by atoms with Crippen LogP contribution in [0.3, 0.4) is 0 Å². The van der Waals surface area contributed by atoms with Crippen LogP contribution in [-0.2, 0) is 5.75 Å². The van der Waals surface area contributed by atoms with Crippen molar-refractivity contribution < 1.29 is 0 Å². The zero-order valence-electron chi connectivity index (χ0n) is 9.46. The van der Waals surface area contributed by atoms with Crippen molar-refractivity contribution in [3.05, 3.63) is 45.0 Å². The Morgan fingerprint density at radius 2 is 2.26 bits per heavy atom. The highest BCUT2D eigenvalue weighted by molar-refractivity contribution is 7.98. The number of aromatic nitrogens is 4. The van der Waals surface area contributed by atoms with Gasteiger partial charge in [0.15, 0.2) is 5.16 Å². The number of hydrogen-bond acceptors (Lipinski definition) is 6. The molecule has 0 aliphatic heterocycles. The predicted octanol–water partition coefficient (Wildman–Crippen LogP) is 2.72. The van der Waals surface area contributed by atoms with Gasteiger partial charge in [0.05, 0.1) is 5.75 Å². The van der Waals surface area contributed by atoms with Gasteiger partial charge in [-0.1, -0.05) is 23.4 Å². The monoisotopic (exact) mass is 310 g/mol. The first kappa shape index (κ1) is 12.6. The second-order valence-electron chi connectivity index (χ2n) is 3.60. The van der Waals surface area contributed by atoms with Crippen LogP contribution in [0, 0.1) is 0 Å². The first-order chi connectivity index (χ1) is 9.22. The summed E-state index contributed by atoms with van der Waals surface area (Å²) in [6.07, 6.45) is 1.47. The van der Waals surface area contributed by atoms with Crippen LogP contribution in [0.25, 0.3) is 10.2 Å². The molecule has 0 saturated heterocycles. The van der Waals surface area contributed by atoms with Crippen molar-refractivity contribution in [1.29, 1.82) is 0 Å². The Labute approximate surface area is 121 Å². The summed E-state index contributed by atoms with van der Waals surface area (Å²) in [5, 5.41) is 3.79. The van der Waals surface area contributed by atoms with Gasteiger partial charge in [0.25, 0.3) is 5.56 Å². The van der Waals surface area contributed by atoms with Crippen LogP contribution in [0.5, 0.6) is 0 Å². The normalized spacial score (nSPS) is 11.0. The lowest BCUT2D eigenvalue weighted by molar-refractivity contribution is 0.932. The average molecular weight is 311 g/mol.